The maximum absolute atomic E-state index is 9.35. The third-order valence-corrected chi connectivity index (χ3v) is 6.27. The number of ether oxygens (including phenoxy) is 1. The fourth-order valence-electron chi connectivity index (χ4n) is 4.72. The fraction of sp³-hybridized carbons (Fsp3) is 0.0667. The minimum atomic E-state index is -0.0474. The van der Waals surface area contributed by atoms with Gasteiger partial charge < -0.3 is 9.64 Å². The van der Waals surface area contributed by atoms with Gasteiger partial charge in [0.25, 0.3) is 0 Å². The highest BCUT2D eigenvalue weighted by Crippen LogP contribution is 2.43. The summed E-state index contributed by atoms with van der Waals surface area (Å²) in [5, 5.41) is 9.35. The fourth-order valence-corrected chi connectivity index (χ4v) is 4.72. The molecule has 0 bridgehead atoms. The molecule has 6 rings (SSSR count). The molecule has 2 aliphatic rings. The van der Waals surface area contributed by atoms with E-state index >= 15 is 0 Å². The number of allylic oxidation sites excluding steroid dienone is 2. The zero-order valence-electron chi connectivity index (χ0n) is 18.4. The van der Waals surface area contributed by atoms with E-state index in [9.17, 15) is 5.26 Å². The molecule has 2 heterocycles. The first-order valence-corrected chi connectivity index (χ1v) is 11.3. The molecule has 0 fully saturated rings. The summed E-state index contributed by atoms with van der Waals surface area (Å²) in [6.07, 6.45) is 10.1. The number of benzene rings is 3. The molecule has 2 unspecified atom stereocenters. The summed E-state index contributed by atoms with van der Waals surface area (Å²) in [5.74, 6) is 0.882. The van der Waals surface area contributed by atoms with Crippen molar-refractivity contribution in [1.82, 2.24) is 4.98 Å². The normalized spacial score (nSPS) is 17.9. The van der Waals surface area contributed by atoms with E-state index < -0.39 is 0 Å². The Hall–Kier alpha value is -4.62. The lowest BCUT2D eigenvalue weighted by Gasteiger charge is -2.42. The number of hydrogen-bond donors (Lipinski definition) is 0. The number of hydrogen-bond acceptors (Lipinski definition) is 4. The van der Waals surface area contributed by atoms with Crippen LogP contribution in [0.15, 0.2) is 115 Å². The molecule has 1 aliphatic heterocycles. The van der Waals surface area contributed by atoms with Crippen molar-refractivity contribution in [2.24, 2.45) is 0 Å². The molecule has 34 heavy (non-hydrogen) atoms. The number of nitrogens with zero attached hydrogens (tertiary/aromatic N) is 3. The first-order chi connectivity index (χ1) is 16.8. The standard InChI is InChI=1S/C30H21N3O/c31-20-21-16-17-32-26(18-21)25-11-2-1-10-24(25)22-8-7-9-23(19-22)33-27-12-3-5-14-29(27)34-30-15-6-4-13-28(30)33/h1-19,27,29H. The van der Waals surface area contributed by atoms with Crippen LogP contribution in [0.1, 0.15) is 5.56 Å². The molecule has 0 radical (unpaired) electrons. The van der Waals surface area contributed by atoms with E-state index in [0.717, 1.165) is 39.5 Å². The zero-order chi connectivity index (χ0) is 22.9. The van der Waals surface area contributed by atoms with Crippen molar-refractivity contribution in [3.63, 3.8) is 0 Å². The molecule has 4 nitrogen and oxygen atoms in total. The van der Waals surface area contributed by atoms with Crippen LogP contribution in [0.2, 0.25) is 0 Å². The zero-order valence-corrected chi connectivity index (χ0v) is 18.4. The number of pyridine rings is 1. The second kappa shape index (κ2) is 8.38. The van der Waals surface area contributed by atoms with Gasteiger partial charge in [0, 0.05) is 17.4 Å². The lowest BCUT2D eigenvalue weighted by molar-refractivity contribution is 0.218. The minimum Gasteiger partial charge on any atom is -0.482 e. The van der Waals surface area contributed by atoms with Crippen LogP contribution in [-0.2, 0) is 0 Å². The third kappa shape index (κ3) is 3.44. The predicted octanol–water partition coefficient (Wildman–Crippen LogP) is 6.68. The Kier molecular flexibility index (Phi) is 4.94. The Morgan fingerprint density at radius 1 is 0.824 bits per heavy atom. The van der Waals surface area contributed by atoms with Crippen molar-refractivity contribution in [2.45, 2.75) is 12.1 Å². The Morgan fingerprint density at radius 3 is 2.56 bits per heavy atom. The lowest BCUT2D eigenvalue weighted by atomic mass is 9.95. The highest BCUT2D eigenvalue weighted by molar-refractivity contribution is 5.85. The van der Waals surface area contributed by atoms with Crippen molar-refractivity contribution in [2.75, 3.05) is 4.90 Å². The van der Waals surface area contributed by atoms with Gasteiger partial charge in [0.15, 0.2) is 0 Å². The monoisotopic (exact) mass is 439 g/mol. The number of anilines is 2. The lowest BCUT2D eigenvalue weighted by Crippen LogP contribution is -2.46. The minimum absolute atomic E-state index is 0.0474. The molecule has 1 aliphatic carbocycles. The summed E-state index contributed by atoms with van der Waals surface area (Å²) in [7, 11) is 0. The number of nitriles is 1. The van der Waals surface area contributed by atoms with Gasteiger partial charge in [-0.2, -0.15) is 5.26 Å². The SMILES string of the molecule is N#Cc1ccnc(-c2ccccc2-c2cccc(N3c4ccccc4OC4C=CC=CC43)c2)c1. The Balaban J connectivity index is 1.48. The molecule has 4 heteroatoms. The van der Waals surface area contributed by atoms with Crippen LogP contribution < -0.4 is 9.64 Å². The van der Waals surface area contributed by atoms with E-state index in [1.807, 2.05) is 42.5 Å². The number of rotatable bonds is 3. The Morgan fingerprint density at radius 2 is 1.65 bits per heavy atom. The molecule has 4 aromatic rings. The molecule has 0 N–H and O–H groups in total. The molecule has 0 amide bonds. The molecule has 162 valence electrons. The second-order valence-electron chi connectivity index (χ2n) is 8.32. The van der Waals surface area contributed by atoms with Gasteiger partial charge in [-0.05, 0) is 53.6 Å². The molecule has 1 aromatic heterocycles. The third-order valence-electron chi connectivity index (χ3n) is 6.27. The van der Waals surface area contributed by atoms with E-state index in [0.29, 0.717) is 5.56 Å². The summed E-state index contributed by atoms with van der Waals surface area (Å²) in [6, 6.07) is 30.8. The maximum Gasteiger partial charge on any atom is 0.144 e. The van der Waals surface area contributed by atoms with Gasteiger partial charge in [-0.25, -0.2) is 0 Å². The van der Waals surface area contributed by atoms with E-state index in [1.165, 1.54) is 0 Å². The molecule has 0 saturated heterocycles. The first-order valence-electron chi connectivity index (χ1n) is 11.3. The highest BCUT2D eigenvalue weighted by atomic mass is 16.5. The predicted molar refractivity (Wildman–Crippen MR) is 135 cm³/mol. The second-order valence-corrected chi connectivity index (χ2v) is 8.32. The van der Waals surface area contributed by atoms with Crippen LogP contribution in [0.4, 0.5) is 11.4 Å². The molecule has 2 atom stereocenters. The van der Waals surface area contributed by atoms with Crippen LogP contribution in [0.25, 0.3) is 22.4 Å². The summed E-state index contributed by atoms with van der Waals surface area (Å²) < 4.78 is 6.29. The van der Waals surface area contributed by atoms with Gasteiger partial charge >= 0.3 is 0 Å². The van der Waals surface area contributed by atoms with Crippen molar-refractivity contribution >= 4 is 11.4 Å². The van der Waals surface area contributed by atoms with E-state index in [2.05, 4.69) is 76.6 Å². The topological polar surface area (TPSA) is 49.2 Å². The van der Waals surface area contributed by atoms with E-state index in [1.54, 1.807) is 12.3 Å². The maximum atomic E-state index is 9.35. The highest BCUT2D eigenvalue weighted by Gasteiger charge is 2.34. The van der Waals surface area contributed by atoms with Crippen LogP contribution in [0.5, 0.6) is 5.75 Å². The molecule has 0 saturated carbocycles. The summed E-state index contributed by atoms with van der Waals surface area (Å²) in [6.45, 7) is 0. The molecular weight excluding hydrogens is 418 g/mol. The van der Waals surface area contributed by atoms with Gasteiger partial charge in [0.05, 0.1) is 29.1 Å². The van der Waals surface area contributed by atoms with Crippen LogP contribution >= 0.6 is 0 Å². The van der Waals surface area contributed by atoms with Gasteiger partial charge in [-0.3, -0.25) is 4.98 Å². The Labute approximate surface area is 198 Å². The van der Waals surface area contributed by atoms with Gasteiger partial charge in [-0.15, -0.1) is 0 Å². The van der Waals surface area contributed by atoms with Crippen molar-refractivity contribution in [3.05, 3.63) is 121 Å². The van der Waals surface area contributed by atoms with Gasteiger partial charge in [0.2, 0.25) is 0 Å². The number of para-hydroxylation sites is 2. The van der Waals surface area contributed by atoms with E-state index in [4.69, 9.17) is 4.74 Å². The quantitative estimate of drug-likeness (QED) is 0.357. The molecule has 0 spiro atoms. The van der Waals surface area contributed by atoms with Crippen molar-refractivity contribution in [3.8, 4) is 34.2 Å². The first kappa shape index (κ1) is 20.0. The average molecular weight is 440 g/mol. The largest absolute Gasteiger partial charge is 0.482 e. The smallest absolute Gasteiger partial charge is 0.144 e. The van der Waals surface area contributed by atoms with Crippen molar-refractivity contribution in [1.29, 1.82) is 5.26 Å². The van der Waals surface area contributed by atoms with Crippen molar-refractivity contribution < 1.29 is 4.74 Å². The average Bonchev–Trinajstić information content (AvgIpc) is 2.92. The van der Waals surface area contributed by atoms with Gasteiger partial charge in [0.1, 0.15) is 11.9 Å². The van der Waals surface area contributed by atoms with Gasteiger partial charge in [-0.1, -0.05) is 66.8 Å². The number of aromatic nitrogens is 1. The Bertz CT molecular complexity index is 1480. The molecule has 3 aromatic carbocycles. The van der Waals surface area contributed by atoms with Crippen LogP contribution in [0.3, 0.4) is 0 Å². The van der Waals surface area contributed by atoms with E-state index in [-0.39, 0.29) is 12.1 Å². The molecular formula is C30H21N3O. The number of fused-ring (bicyclic) bond motifs is 2. The van der Waals surface area contributed by atoms with Crippen LogP contribution in [-0.4, -0.2) is 17.1 Å². The van der Waals surface area contributed by atoms with Crippen LogP contribution in [0, 0.1) is 11.3 Å². The summed E-state index contributed by atoms with van der Waals surface area (Å²) in [5.41, 5.74) is 6.70. The summed E-state index contributed by atoms with van der Waals surface area (Å²) in [4.78, 5) is 6.90. The summed E-state index contributed by atoms with van der Waals surface area (Å²) >= 11 is 0.